The van der Waals surface area contributed by atoms with Crippen LogP contribution in [0.25, 0.3) is 0 Å². The molecule has 0 aromatic heterocycles. The molecule has 0 radical (unpaired) electrons. The minimum atomic E-state index is -3.79. The Balaban J connectivity index is 2.43. The maximum Gasteiger partial charge on any atom is 0.244 e. The number of anilines is 1. The third-order valence-corrected chi connectivity index (χ3v) is 7.01. The number of rotatable bonds is 11. The number of benzene rings is 2. The van der Waals surface area contributed by atoms with Crippen LogP contribution in [-0.4, -0.2) is 50.0 Å². The third-order valence-electron chi connectivity index (χ3n) is 5.64. The summed E-state index contributed by atoms with van der Waals surface area (Å²) in [6, 6.07) is 13.2. The maximum atomic E-state index is 13.6. The lowest BCUT2D eigenvalue weighted by Crippen LogP contribution is -2.53. The Morgan fingerprint density at radius 2 is 1.71 bits per heavy atom. The number of sulfonamides is 1. The summed E-state index contributed by atoms with van der Waals surface area (Å²) in [6.07, 6.45) is 2.18. The van der Waals surface area contributed by atoms with Crippen molar-refractivity contribution in [3.8, 4) is 0 Å². The first-order valence-electron chi connectivity index (χ1n) is 11.3. The van der Waals surface area contributed by atoms with Gasteiger partial charge in [0.05, 0.1) is 11.9 Å². The van der Waals surface area contributed by atoms with Crippen LogP contribution in [0.5, 0.6) is 0 Å². The lowest BCUT2D eigenvalue weighted by Gasteiger charge is -2.33. The summed E-state index contributed by atoms with van der Waals surface area (Å²) >= 11 is 6.07. The molecular weight excluding hydrogens is 474 g/mol. The normalized spacial score (nSPS) is 13.1. The van der Waals surface area contributed by atoms with E-state index in [-0.39, 0.29) is 24.2 Å². The number of halogens is 1. The van der Waals surface area contributed by atoms with Gasteiger partial charge >= 0.3 is 0 Å². The van der Waals surface area contributed by atoms with E-state index in [4.69, 9.17) is 11.6 Å². The second-order valence-electron chi connectivity index (χ2n) is 8.50. The zero-order valence-electron chi connectivity index (χ0n) is 20.4. The lowest BCUT2D eigenvalue weighted by atomic mass is 10.1. The zero-order valence-corrected chi connectivity index (χ0v) is 22.0. The first-order valence-corrected chi connectivity index (χ1v) is 13.6. The Morgan fingerprint density at radius 1 is 1.06 bits per heavy atom. The van der Waals surface area contributed by atoms with Gasteiger partial charge in [-0.05, 0) is 50.5 Å². The molecular formula is C25H34ClN3O4S. The molecule has 0 unspecified atom stereocenters. The van der Waals surface area contributed by atoms with Gasteiger partial charge in [0.1, 0.15) is 12.6 Å². The third kappa shape index (κ3) is 7.74. The molecule has 2 atom stereocenters. The van der Waals surface area contributed by atoms with Crippen molar-refractivity contribution in [1.29, 1.82) is 0 Å². The van der Waals surface area contributed by atoms with Crippen LogP contribution in [0, 0.1) is 6.92 Å². The number of carbonyl (C=O) groups excluding carboxylic acids is 2. The molecule has 0 saturated carbocycles. The van der Waals surface area contributed by atoms with Crippen molar-refractivity contribution in [3.63, 3.8) is 0 Å². The average Bonchev–Trinajstić information content (AvgIpc) is 2.77. The molecule has 0 aliphatic carbocycles. The van der Waals surface area contributed by atoms with Crippen LogP contribution in [0.1, 0.15) is 44.7 Å². The quantitative estimate of drug-likeness (QED) is 0.495. The lowest BCUT2D eigenvalue weighted by molar-refractivity contribution is -0.140. The van der Waals surface area contributed by atoms with Crippen molar-refractivity contribution in [2.75, 3.05) is 17.1 Å². The first-order chi connectivity index (χ1) is 16.0. The van der Waals surface area contributed by atoms with Crippen LogP contribution in [0.15, 0.2) is 48.5 Å². The fourth-order valence-corrected chi connectivity index (χ4v) is 4.52. The molecule has 34 heavy (non-hydrogen) atoms. The number of nitrogens with one attached hydrogen (secondary N) is 1. The van der Waals surface area contributed by atoms with E-state index in [2.05, 4.69) is 5.32 Å². The van der Waals surface area contributed by atoms with Gasteiger partial charge in [0.25, 0.3) is 0 Å². The molecule has 2 aromatic carbocycles. The predicted octanol–water partition coefficient (Wildman–Crippen LogP) is 4.14. The molecule has 186 valence electrons. The smallest absolute Gasteiger partial charge is 0.244 e. The highest BCUT2D eigenvalue weighted by molar-refractivity contribution is 7.92. The molecule has 0 heterocycles. The van der Waals surface area contributed by atoms with Gasteiger partial charge in [0, 0.05) is 17.6 Å². The van der Waals surface area contributed by atoms with Crippen molar-refractivity contribution in [2.45, 2.75) is 59.2 Å². The van der Waals surface area contributed by atoms with Crippen LogP contribution in [0.4, 0.5) is 5.69 Å². The summed E-state index contributed by atoms with van der Waals surface area (Å²) in [4.78, 5) is 28.1. The highest BCUT2D eigenvalue weighted by Crippen LogP contribution is 2.23. The van der Waals surface area contributed by atoms with Gasteiger partial charge in [0.15, 0.2) is 0 Å². The van der Waals surface area contributed by atoms with Crippen molar-refractivity contribution in [1.82, 2.24) is 10.2 Å². The highest BCUT2D eigenvalue weighted by Gasteiger charge is 2.32. The summed E-state index contributed by atoms with van der Waals surface area (Å²) < 4.78 is 26.2. The molecule has 0 aliphatic heterocycles. The molecule has 2 rings (SSSR count). The van der Waals surface area contributed by atoms with Crippen LogP contribution in [0.3, 0.4) is 0 Å². The molecule has 2 aromatic rings. The number of nitrogens with zero attached hydrogens (tertiary/aromatic N) is 2. The molecule has 1 N–H and O–H groups in total. The number of carbonyl (C=O) groups is 2. The van der Waals surface area contributed by atoms with Gasteiger partial charge in [-0.1, -0.05) is 61.3 Å². The van der Waals surface area contributed by atoms with E-state index in [9.17, 15) is 18.0 Å². The van der Waals surface area contributed by atoms with E-state index in [0.717, 1.165) is 28.1 Å². The number of amides is 2. The molecule has 0 spiro atoms. The molecule has 0 aliphatic rings. The van der Waals surface area contributed by atoms with Crippen LogP contribution < -0.4 is 9.62 Å². The fraction of sp³-hybridized carbons (Fsp3) is 0.440. The van der Waals surface area contributed by atoms with Gasteiger partial charge in [-0.2, -0.15) is 0 Å². The first kappa shape index (κ1) is 27.7. The summed E-state index contributed by atoms with van der Waals surface area (Å²) in [5.74, 6) is -0.733. The van der Waals surface area contributed by atoms with E-state index < -0.39 is 28.5 Å². The number of hydrogen-bond donors (Lipinski definition) is 1. The molecule has 7 nitrogen and oxygen atoms in total. The van der Waals surface area contributed by atoms with Gasteiger partial charge in [-0.3, -0.25) is 13.9 Å². The Morgan fingerprint density at radius 3 is 2.24 bits per heavy atom. The van der Waals surface area contributed by atoms with Crippen molar-refractivity contribution in [2.24, 2.45) is 0 Å². The summed E-state index contributed by atoms with van der Waals surface area (Å²) in [6.45, 7) is 7.41. The second kappa shape index (κ2) is 12.2. The monoisotopic (exact) mass is 507 g/mol. The largest absolute Gasteiger partial charge is 0.352 e. The Kier molecular flexibility index (Phi) is 9.94. The molecule has 2 amide bonds. The Hall–Kier alpha value is -2.58. The van der Waals surface area contributed by atoms with Gasteiger partial charge in [-0.15, -0.1) is 0 Å². The second-order valence-corrected chi connectivity index (χ2v) is 10.8. The topological polar surface area (TPSA) is 86.8 Å². The van der Waals surface area contributed by atoms with Crippen LogP contribution in [-0.2, 0) is 26.2 Å². The Labute approximate surface area is 208 Å². The predicted molar refractivity (Wildman–Crippen MR) is 137 cm³/mol. The van der Waals surface area contributed by atoms with Crippen molar-refractivity contribution in [3.05, 3.63) is 64.7 Å². The highest BCUT2D eigenvalue weighted by atomic mass is 35.5. The van der Waals surface area contributed by atoms with Crippen molar-refractivity contribution >= 4 is 39.1 Å². The van der Waals surface area contributed by atoms with E-state index in [1.54, 1.807) is 18.2 Å². The standard InChI is InChI=1S/C25H34ClN3O4S/c1-6-19(4)27-25(31)23(7-2)28(16-20-13-11-18(3)12-14-20)24(30)17-29(34(5,32)33)22-10-8-9-21(26)15-22/h8-15,19,23H,6-7,16-17H2,1-5H3,(H,27,31)/t19-,23-/m0/s1. The average molecular weight is 508 g/mol. The van der Waals surface area contributed by atoms with Crippen molar-refractivity contribution < 1.29 is 18.0 Å². The van der Waals surface area contributed by atoms with E-state index in [1.165, 1.54) is 11.0 Å². The van der Waals surface area contributed by atoms with E-state index >= 15 is 0 Å². The van der Waals surface area contributed by atoms with Gasteiger partial charge in [0.2, 0.25) is 21.8 Å². The van der Waals surface area contributed by atoms with Gasteiger partial charge < -0.3 is 10.2 Å². The Bertz CT molecular complexity index is 1090. The maximum absolute atomic E-state index is 13.6. The fourth-order valence-electron chi connectivity index (χ4n) is 3.50. The van der Waals surface area contributed by atoms with Crippen LogP contribution >= 0.6 is 11.6 Å². The number of aryl methyl sites for hydroxylation is 1. The van der Waals surface area contributed by atoms with E-state index in [1.807, 2.05) is 52.0 Å². The minimum absolute atomic E-state index is 0.0446. The number of hydrogen-bond acceptors (Lipinski definition) is 4. The SMILES string of the molecule is CC[C@H](C)NC(=O)[C@H](CC)N(Cc1ccc(C)cc1)C(=O)CN(c1cccc(Cl)c1)S(C)(=O)=O. The summed E-state index contributed by atoms with van der Waals surface area (Å²) in [7, 11) is -3.79. The molecule has 9 heteroatoms. The molecule has 0 fully saturated rings. The minimum Gasteiger partial charge on any atom is -0.352 e. The van der Waals surface area contributed by atoms with Gasteiger partial charge in [-0.25, -0.2) is 8.42 Å². The summed E-state index contributed by atoms with van der Waals surface area (Å²) in [5.41, 5.74) is 2.21. The summed E-state index contributed by atoms with van der Waals surface area (Å²) in [5, 5.41) is 3.31. The van der Waals surface area contributed by atoms with Crippen LogP contribution in [0.2, 0.25) is 5.02 Å². The zero-order chi connectivity index (χ0) is 25.5. The molecule has 0 saturated heterocycles. The van der Waals surface area contributed by atoms with E-state index in [0.29, 0.717) is 11.4 Å². The molecule has 0 bridgehead atoms.